The highest BCUT2D eigenvalue weighted by atomic mass is 32.2. The summed E-state index contributed by atoms with van der Waals surface area (Å²) in [5, 5.41) is 2.42. The van der Waals surface area contributed by atoms with E-state index in [0.29, 0.717) is 32.6 Å². The molecule has 1 aliphatic rings. The van der Waals surface area contributed by atoms with Crippen LogP contribution in [-0.4, -0.2) is 61.1 Å². The summed E-state index contributed by atoms with van der Waals surface area (Å²) in [6, 6.07) is -0.0231. The zero-order valence-corrected chi connectivity index (χ0v) is 13.0. The molecule has 6 nitrogen and oxygen atoms in total. The van der Waals surface area contributed by atoms with Crippen LogP contribution in [0.2, 0.25) is 0 Å². The van der Waals surface area contributed by atoms with Crippen LogP contribution in [-0.2, 0) is 10.0 Å². The predicted molar refractivity (Wildman–Crippen MR) is 75.5 cm³/mol. The van der Waals surface area contributed by atoms with Crippen LogP contribution in [0.15, 0.2) is 0 Å². The molecule has 2 amide bonds. The molecule has 1 saturated heterocycles. The van der Waals surface area contributed by atoms with Gasteiger partial charge in [-0.2, -0.15) is 4.31 Å². The Labute approximate surface area is 116 Å². The first kappa shape index (κ1) is 16.2. The van der Waals surface area contributed by atoms with Gasteiger partial charge in [-0.1, -0.05) is 0 Å². The van der Waals surface area contributed by atoms with Gasteiger partial charge in [0.2, 0.25) is 10.0 Å². The van der Waals surface area contributed by atoms with Crippen molar-refractivity contribution < 1.29 is 13.2 Å². The largest absolute Gasteiger partial charge is 0.336 e. The monoisotopic (exact) mass is 291 g/mol. The first-order chi connectivity index (χ1) is 8.75. The van der Waals surface area contributed by atoms with Crippen molar-refractivity contribution in [1.29, 1.82) is 0 Å². The molecule has 0 atom stereocenters. The van der Waals surface area contributed by atoms with Crippen molar-refractivity contribution in [2.75, 3.05) is 26.2 Å². The van der Waals surface area contributed by atoms with Gasteiger partial charge in [0.05, 0.1) is 5.25 Å². The lowest BCUT2D eigenvalue weighted by atomic mass is 10.4. The molecule has 0 radical (unpaired) electrons. The predicted octanol–water partition coefficient (Wildman–Crippen LogP) is 0.850. The minimum atomic E-state index is -3.22. The number of urea groups is 1. The number of amides is 2. The molecule has 0 spiro atoms. The number of hydrogen-bond donors (Lipinski definition) is 1. The van der Waals surface area contributed by atoms with E-state index in [1.807, 2.05) is 13.8 Å². The van der Waals surface area contributed by atoms with Gasteiger partial charge in [0.15, 0.2) is 0 Å². The molecule has 0 aliphatic carbocycles. The highest BCUT2D eigenvalue weighted by Crippen LogP contribution is 2.12. The fraction of sp³-hybridized carbons (Fsp3) is 0.917. The Bertz CT molecular complexity index is 406. The number of sulfonamides is 1. The lowest BCUT2D eigenvalue weighted by molar-refractivity contribution is 0.198. The number of carbonyl (C=O) groups excluding carboxylic acids is 1. The third-order valence-corrected chi connectivity index (χ3v) is 5.39. The zero-order chi connectivity index (χ0) is 14.6. The molecule has 0 unspecified atom stereocenters. The normalized spacial score (nSPS) is 18.7. The number of nitrogens with zero attached hydrogens (tertiary/aromatic N) is 2. The lowest BCUT2D eigenvalue weighted by Gasteiger charge is -2.24. The summed E-state index contributed by atoms with van der Waals surface area (Å²) < 4.78 is 25.7. The topological polar surface area (TPSA) is 69.7 Å². The summed E-state index contributed by atoms with van der Waals surface area (Å²) in [4.78, 5) is 13.6. The third kappa shape index (κ3) is 4.35. The van der Waals surface area contributed by atoms with Gasteiger partial charge in [0, 0.05) is 32.2 Å². The van der Waals surface area contributed by atoms with E-state index in [4.69, 9.17) is 0 Å². The highest BCUT2D eigenvalue weighted by Gasteiger charge is 2.28. The van der Waals surface area contributed by atoms with Gasteiger partial charge in [0.1, 0.15) is 0 Å². The smallest absolute Gasteiger partial charge is 0.317 e. The Balaban J connectivity index is 2.64. The standard InChI is InChI=1S/C12H25N3O3S/c1-10(2)13-12(16)14-6-5-7-15(9-8-14)19(17,18)11(3)4/h10-11H,5-9H2,1-4H3,(H,13,16). The van der Waals surface area contributed by atoms with Crippen LogP contribution in [0.25, 0.3) is 0 Å². The van der Waals surface area contributed by atoms with E-state index in [2.05, 4.69) is 5.32 Å². The van der Waals surface area contributed by atoms with E-state index in [1.54, 1.807) is 18.7 Å². The first-order valence-corrected chi connectivity index (χ1v) is 8.30. The quantitative estimate of drug-likeness (QED) is 0.838. The number of nitrogens with one attached hydrogen (secondary N) is 1. The van der Waals surface area contributed by atoms with Crippen LogP contribution in [0.4, 0.5) is 4.79 Å². The van der Waals surface area contributed by atoms with E-state index in [9.17, 15) is 13.2 Å². The fourth-order valence-corrected chi connectivity index (χ4v) is 3.30. The van der Waals surface area contributed by atoms with Crippen LogP contribution in [0.1, 0.15) is 34.1 Å². The number of rotatable bonds is 3. The maximum Gasteiger partial charge on any atom is 0.317 e. The van der Waals surface area contributed by atoms with Gasteiger partial charge in [-0.15, -0.1) is 0 Å². The Morgan fingerprint density at radius 3 is 2.21 bits per heavy atom. The van der Waals surface area contributed by atoms with Crippen LogP contribution in [0.3, 0.4) is 0 Å². The summed E-state index contributed by atoms with van der Waals surface area (Å²) >= 11 is 0. The Kier molecular flexibility index (Phi) is 5.61. The van der Waals surface area contributed by atoms with Crippen molar-refractivity contribution in [3.05, 3.63) is 0 Å². The van der Waals surface area contributed by atoms with Crippen LogP contribution < -0.4 is 5.32 Å². The molecular formula is C12H25N3O3S. The van der Waals surface area contributed by atoms with Crippen molar-refractivity contribution >= 4 is 16.1 Å². The molecule has 0 bridgehead atoms. The molecule has 112 valence electrons. The molecule has 0 aromatic heterocycles. The van der Waals surface area contributed by atoms with Crippen LogP contribution in [0.5, 0.6) is 0 Å². The Morgan fingerprint density at radius 1 is 1.05 bits per heavy atom. The summed E-state index contributed by atoms with van der Waals surface area (Å²) in [6.07, 6.45) is 0.678. The van der Waals surface area contributed by atoms with E-state index < -0.39 is 15.3 Å². The summed E-state index contributed by atoms with van der Waals surface area (Å²) in [5.41, 5.74) is 0. The van der Waals surface area contributed by atoms with Gasteiger partial charge in [-0.3, -0.25) is 0 Å². The molecule has 7 heteroatoms. The molecule has 1 rings (SSSR count). The molecule has 19 heavy (non-hydrogen) atoms. The average Bonchev–Trinajstić information content (AvgIpc) is 2.53. The van der Waals surface area contributed by atoms with Gasteiger partial charge < -0.3 is 10.2 Å². The maximum absolute atomic E-state index is 12.1. The van der Waals surface area contributed by atoms with E-state index in [1.165, 1.54) is 4.31 Å². The molecule has 1 aliphatic heterocycles. The van der Waals surface area contributed by atoms with Gasteiger partial charge >= 0.3 is 6.03 Å². The minimum Gasteiger partial charge on any atom is -0.336 e. The van der Waals surface area contributed by atoms with E-state index >= 15 is 0 Å². The minimum absolute atomic E-state index is 0.0891. The second kappa shape index (κ2) is 6.56. The highest BCUT2D eigenvalue weighted by molar-refractivity contribution is 7.89. The molecule has 0 saturated carbocycles. The fourth-order valence-electron chi connectivity index (χ4n) is 1.99. The SMILES string of the molecule is CC(C)NC(=O)N1CCCN(S(=O)(=O)C(C)C)CC1. The molecule has 1 fully saturated rings. The van der Waals surface area contributed by atoms with Crippen molar-refractivity contribution in [2.24, 2.45) is 0 Å². The summed E-state index contributed by atoms with van der Waals surface area (Å²) in [5.74, 6) is 0. The second-order valence-corrected chi connectivity index (χ2v) is 7.93. The molecule has 0 aromatic rings. The van der Waals surface area contributed by atoms with Crippen molar-refractivity contribution in [3.8, 4) is 0 Å². The second-order valence-electron chi connectivity index (χ2n) is 5.44. The van der Waals surface area contributed by atoms with Gasteiger partial charge in [0.25, 0.3) is 0 Å². The van der Waals surface area contributed by atoms with Crippen LogP contribution in [0, 0.1) is 0 Å². The van der Waals surface area contributed by atoms with Crippen molar-refractivity contribution in [2.45, 2.75) is 45.4 Å². The van der Waals surface area contributed by atoms with E-state index in [-0.39, 0.29) is 12.1 Å². The first-order valence-electron chi connectivity index (χ1n) is 6.79. The summed E-state index contributed by atoms with van der Waals surface area (Å²) in [6.45, 7) is 9.11. The zero-order valence-electron chi connectivity index (χ0n) is 12.2. The lowest BCUT2D eigenvalue weighted by Crippen LogP contribution is -2.45. The number of hydrogen-bond acceptors (Lipinski definition) is 3. The molecule has 0 aromatic carbocycles. The van der Waals surface area contributed by atoms with Crippen LogP contribution >= 0.6 is 0 Å². The van der Waals surface area contributed by atoms with Crippen molar-refractivity contribution in [1.82, 2.24) is 14.5 Å². The molecule has 1 N–H and O–H groups in total. The van der Waals surface area contributed by atoms with Gasteiger partial charge in [-0.05, 0) is 34.1 Å². The van der Waals surface area contributed by atoms with Gasteiger partial charge in [-0.25, -0.2) is 13.2 Å². The summed E-state index contributed by atoms with van der Waals surface area (Å²) in [7, 11) is -3.22. The Morgan fingerprint density at radius 2 is 1.68 bits per heavy atom. The third-order valence-electron chi connectivity index (χ3n) is 3.11. The van der Waals surface area contributed by atoms with E-state index in [0.717, 1.165) is 0 Å². The number of carbonyl (C=O) groups is 1. The average molecular weight is 291 g/mol. The maximum atomic E-state index is 12.1. The molecule has 1 heterocycles. The molecular weight excluding hydrogens is 266 g/mol. The Hall–Kier alpha value is -0.820. The van der Waals surface area contributed by atoms with Crippen molar-refractivity contribution in [3.63, 3.8) is 0 Å².